The minimum atomic E-state index is -0.217. The van der Waals surface area contributed by atoms with Gasteiger partial charge >= 0.3 is 0 Å². The lowest BCUT2D eigenvalue weighted by molar-refractivity contribution is -0.140. The van der Waals surface area contributed by atoms with E-state index in [1.807, 2.05) is 42.5 Å². The number of nitrogens with zero attached hydrogens (tertiary/aromatic N) is 1. The van der Waals surface area contributed by atoms with E-state index in [2.05, 4.69) is 0 Å². The van der Waals surface area contributed by atoms with E-state index in [9.17, 15) is 9.59 Å². The van der Waals surface area contributed by atoms with Crippen molar-refractivity contribution in [3.05, 3.63) is 48.2 Å². The third-order valence-corrected chi connectivity index (χ3v) is 3.50. The van der Waals surface area contributed by atoms with Crippen molar-refractivity contribution in [2.75, 3.05) is 0 Å². The molecule has 1 aromatic carbocycles. The van der Waals surface area contributed by atoms with Crippen LogP contribution in [-0.4, -0.2) is 16.7 Å². The molecule has 1 atom stereocenters. The second-order valence-electron chi connectivity index (χ2n) is 5.06. The first-order valence-corrected chi connectivity index (χ1v) is 6.63. The first-order valence-electron chi connectivity index (χ1n) is 6.63. The average Bonchev–Trinajstić information content (AvgIpc) is 3.01. The van der Waals surface area contributed by atoms with Crippen LogP contribution in [0.15, 0.2) is 46.9 Å². The molecular formula is C16H15NO3. The van der Waals surface area contributed by atoms with Gasteiger partial charge in [0.1, 0.15) is 11.5 Å². The van der Waals surface area contributed by atoms with Gasteiger partial charge in [-0.2, -0.15) is 0 Å². The highest BCUT2D eigenvalue weighted by molar-refractivity contribution is 6.03. The molecule has 2 amide bonds. The largest absolute Gasteiger partial charge is 0.459 e. The molecule has 1 saturated heterocycles. The fourth-order valence-electron chi connectivity index (χ4n) is 2.39. The van der Waals surface area contributed by atoms with Gasteiger partial charge in [0.15, 0.2) is 0 Å². The second kappa shape index (κ2) is 4.96. The topological polar surface area (TPSA) is 50.5 Å². The standard InChI is InChI=1S/C16H15NO3/c1-11-9-15(18)17(16(11)19)10-13-7-8-14(20-13)12-5-3-2-4-6-12/h2-8,11H,9-10H2,1H3. The third-order valence-electron chi connectivity index (χ3n) is 3.50. The van der Waals surface area contributed by atoms with Crippen LogP contribution in [0.1, 0.15) is 19.1 Å². The summed E-state index contributed by atoms with van der Waals surface area (Å²) in [5.74, 6) is 0.909. The number of hydrogen-bond donors (Lipinski definition) is 0. The van der Waals surface area contributed by atoms with Gasteiger partial charge in [0.25, 0.3) is 0 Å². The maximum atomic E-state index is 11.9. The van der Waals surface area contributed by atoms with E-state index in [0.29, 0.717) is 12.2 Å². The number of hydrogen-bond acceptors (Lipinski definition) is 3. The van der Waals surface area contributed by atoms with Crippen molar-refractivity contribution in [2.24, 2.45) is 5.92 Å². The Morgan fingerprint density at radius 3 is 2.55 bits per heavy atom. The Labute approximate surface area is 117 Å². The van der Waals surface area contributed by atoms with Gasteiger partial charge in [-0.05, 0) is 12.1 Å². The van der Waals surface area contributed by atoms with Crippen LogP contribution in [0.2, 0.25) is 0 Å². The molecule has 0 radical (unpaired) electrons. The number of furan rings is 1. The van der Waals surface area contributed by atoms with E-state index in [1.54, 1.807) is 6.92 Å². The zero-order chi connectivity index (χ0) is 14.1. The molecule has 2 heterocycles. The van der Waals surface area contributed by atoms with Crippen LogP contribution in [0.25, 0.3) is 11.3 Å². The first-order chi connectivity index (χ1) is 9.65. The Bertz CT molecular complexity index is 645. The molecule has 0 spiro atoms. The van der Waals surface area contributed by atoms with Crippen LogP contribution < -0.4 is 0 Å². The number of amides is 2. The van der Waals surface area contributed by atoms with E-state index < -0.39 is 0 Å². The minimum absolute atomic E-state index is 0.118. The van der Waals surface area contributed by atoms with Gasteiger partial charge in [-0.1, -0.05) is 37.3 Å². The molecule has 0 bridgehead atoms. The summed E-state index contributed by atoms with van der Waals surface area (Å²) >= 11 is 0. The van der Waals surface area contributed by atoms with Gasteiger partial charge in [0.05, 0.1) is 6.54 Å². The van der Waals surface area contributed by atoms with Gasteiger partial charge in [-0.3, -0.25) is 14.5 Å². The van der Waals surface area contributed by atoms with Crippen molar-refractivity contribution in [2.45, 2.75) is 19.9 Å². The minimum Gasteiger partial charge on any atom is -0.459 e. The molecule has 0 aliphatic carbocycles. The highest BCUT2D eigenvalue weighted by Gasteiger charge is 2.35. The summed E-state index contributed by atoms with van der Waals surface area (Å²) in [6.45, 7) is 1.99. The van der Waals surface area contributed by atoms with E-state index in [4.69, 9.17) is 4.42 Å². The van der Waals surface area contributed by atoms with Gasteiger partial charge in [-0.25, -0.2) is 0 Å². The average molecular weight is 269 g/mol. The molecule has 0 saturated carbocycles. The number of carbonyl (C=O) groups excluding carboxylic acids is 2. The van der Waals surface area contributed by atoms with E-state index in [0.717, 1.165) is 11.3 Å². The Hall–Kier alpha value is -2.36. The summed E-state index contributed by atoms with van der Waals surface area (Å²) in [6, 6.07) is 13.4. The molecule has 102 valence electrons. The van der Waals surface area contributed by atoms with Crippen LogP contribution in [0.3, 0.4) is 0 Å². The summed E-state index contributed by atoms with van der Waals surface area (Å²) in [6.07, 6.45) is 0.297. The van der Waals surface area contributed by atoms with Gasteiger partial charge in [0, 0.05) is 17.9 Å². The molecule has 1 unspecified atom stereocenters. The lowest BCUT2D eigenvalue weighted by atomic mass is 10.1. The van der Waals surface area contributed by atoms with Crippen molar-refractivity contribution < 1.29 is 14.0 Å². The molecule has 1 aliphatic heterocycles. The maximum Gasteiger partial charge on any atom is 0.232 e. The van der Waals surface area contributed by atoms with Crippen molar-refractivity contribution in [3.63, 3.8) is 0 Å². The normalized spacial score (nSPS) is 18.9. The van der Waals surface area contributed by atoms with E-state index >= 15 is 0 Å². The maximum absolute atomic E-state index is 11.9. The Morgan fingerprint density at radius 1 is 1.15 bits per heavy atom. The number of carbonyl (C=O) groups is 2. The number of benzene rings is 1. The van der Waals surface area contributed by atoms with Gasteiger partial charge in [-0.15, -0.1) is 0 Å². The molecular weight excluding hydrogens is 254 g/mol. The van der Waals surface area contributed by atoms with Crippen LogP contribution in [0.5, 0.6) is 0 Å². The first kappa shape index (κ1) is 12.7. The molecule has 1 fully saturated rings. The van der Waals surface area contributed by atoms with Crippen molar-refractivity contribution in [1.82, 2.24) is 4.90 Å². The number of rotatable bonds is 3. The molecule has 20 heavy (non-hydrogen) atoms. The van der Waals surface area contributed by atoms with Crippen LogP contribution in [-0.2, 0) is 16.1 Å². The SMILES string of the molecule is CC1CC(=O)N(Cc2ccc(-c3ccccc3)o2)C1=O. The van der Waals surface area contributed by atoms with Crippen molar-refractivity contribution in [1.29, 1.82) is 0 Å². The lowest BCUT2D eigenvalue weighted by Gasteiger charge is -2.12. The number of likely N-dealkylation sites (tertiary alicyclic amines) is 1. The summed E-state index contributed by atoms with van der Waals surface area (Å²) < 4.78 is 5.72. The fraction of sp³-hybridized carbons (Fsp3) is 0.250. The quantitative estimate of drug-likeness (QED) is 0.805. The molecule has 4 nitrogen and oxygen atoms in total. The van der Waals surface area contributed by atoms with Crippen molar-refractivity contribution in [3.8, 4) is 11.3 Å². The predicted octanol–water partition coefficient (Wildman–Crippen LogP) is 2.84. The summed E-state index contributed by atoms with van der Waals surface area (Å²) in [7, 11) is 0. The summed E-state index contributed by atoms with van der Waals surface area (Å²) in [4.78, 5) is 24.9. The monoisotopic (exact) mass is 269 g/mol. The lowest BCUT2D eigenvalue weighted by Crippen LogP contribution is -2.29. The van der Waals surface area contributed by atoms with Crippen molar-refractivity contribution >= 4 is 11.8 Å². The Kier molecular flexibility index (Phi) is 3.14. The molecule has 3 rings (SSSR count). The summed E-state index contributed by atoms with van der Waals surface area (Å²) in [5.41, 5.74) is 0.978. The zero-order valence-corrected chi connectivity index (χ0v) is 11.2. The predicted molar refractivity (Wildman–Crippen MR) is 73.5 cm³/mol. The van der Waals surface area contributed by atoms with Crippen LogP contribution in [0.4, 0.5) is 0 Å². The van der Waals surface area contributed by atoms with Gasteiger partial charge < -0.3 is 4.42 Å². The Balaban J connectivity index is 1.78. The Morgan fingerprint density at radius 2 is 1.90 bits per heavy atom. The van der Waals surface area contributed by atoms with Gasteiger partial charge in [0.2, 0.25) is 11.8 Å². The smallest absolute Gasteiger partial charge is 0.232 e. The molecule has 0 N–H and O–H groups in total. The van der Waals surface area contributed by atoms with E-state index in [-0.39, 0.29) is 24.3 Å². The molecule has 1 aliphatic rings. The highest BCUT2D eigenvalue weighted by Crippen LogP contribution is 2.25. The number of imide groups is 1. The fourth-order valence-corrected chi connectivity index (χ4v) is 2.39. The molecule has 1 aromatic heterocycles. The van der Waals surface area contributed by atoms with Crippen LogP contribution >= 0.6 is 0 Å². The summed E-state index contributed by atoms with van der Waals surface area (Å²) in [5, 5.41) is 0. The highest BCUT2D eigenvalue weighted by atomic mass is 16.3. The zero-order valence-electron chi connectivity index (χ0n) is 11.2. The van der Waals surface area contributed by atoms with Crippen LogP contribution in [0, 0.1) is 5.92 Å². The second-order valence-corrected chi connectivity index (χ2v) is 5.06. The van der Waals surface area contributed by atoms with E-state index in [1.165, 1.54) is 4.90 Å². The molecule has 4 heteroatoms. The molecule has 2 aromatic rings. The third kappa shape index (κ3) is 2.25.